The standard InChI is InChI=1S/C15H23N3O2/c1-11(2)20-14-10-12(7-8-16-14)17-15(19)13-6-4-5-9-18(13)3/h7-8,10-11,13H,4-6,9H2,1-3H3,(H,16,17,19). The summed E-state index contributed by atoms with van der Waals surface area (Å²) in [5.41, 5.74) is 0.736. The molecule has 2 heterocycles. The topological polar surface area (TPSA) is 54.5 Å². The number of piperidine rings is 1. The van der Waals surface area contributed by atoms with Gasteiger partial charge >= 0.3 is 0 Å². The molecule has 0 spiro atoms. The molecule has 2 rings (SSSR count). The lowest BCUT2D eigenvalue weighted by Gasteiger charge is -2.31. The molecule has 5 nitrogen and oxygen atoms in total. The lowest BCUT2D eigenvalue weighted by atomic mass is 10.0. The summed E-state index contributed by atoms with van der Waals surface area (Å²) in [4.78, 5) is 18.5. The number of likely N-dealkylation sites (N-methyl/N-ethyl adjacent to an activating group) is 1. The Kier molecular flexibility index (Phi) is 4.95. The van der Waals surface area contributed by atoms with Gasteiger partial charge in [-0.05, 0) is 46.3 Å². The number of carbonyl (C=O) groups excluding carboxylic acids is 1. The van der Waals surface area contributed by atoms with E-state index in [-0.39, 0.29) is 18.1 Å². The van der Waals surface area contributed by atoms with Crippen molar-refractivity contribution in [3.63, 3.8) is 0 Å². The minimum atomic E-state index is -0.0358. The molecule has 110 valence electrons. The zero-order valence-electron chi connectivity index (χ0n) is 12.4. The van der Waals surface area contributed by atoms with Gasteiger partial charge in [-0.1, -0.05) is 6.42 Å². The third-order valence-corrected chi connectivity index (χ3v) is 3.43. The molecule has 1 fully saturated rings. The molecule has 0 bridgehead atoms. The Hall–Kier alpha value is -1.62. The van der Waals surface area contributed by atoms with Crippen molar-refractivity contribution in [2.45, 2.75) is 45.3 Å². The van der Waals surface area contributed by atoms with Crippen LogP contribution in [0, 0.1) is 0 Å². The van der Waals surface area contributed by atoms with Crippen molar-refractivity contribution in [1.29, 1.82) is 0 Å². The van der Waals surface area contributed by atoms with E-state index in [9.17, 15) is 4.79 Å². The fourth-order valence-electron chi connectivity index (χ4n) is 2.43. The van der Waals surface area contributed by atoms with E-state index < -0.39 is 0 Å². The number of ether oxygens (including phenoxy) is 1. The van der Waals surface area contributed by atoms with Gasteiger partial charge in [-0.2, -0.15) is 0 Å². The quantitative estimate of drug-likeness (QED) is 0.917. The van der Waals surface area contributed by atoms with Crippen molar-refractivity contribution in [2.75, 3.05) is 18.9 Å². The Labute approximate surface area is 120 Å². The normalized spacial score (nSPS) is 19.9. The SMILES string of the molecule is CC(C)Oc1cc(NC(=O)C2CCCCN2C)ccn1. The third kappa shape index (κ3) is 3.93. The lowest BCUT2D eigenvalue weighted by Crippen LogP contribution is -2.44. The molecule has 0 aromatic carbocycles. The first-order valence-corrected chi connectivity index (χ1v) is 7.20. The van der Waals surface area contributed by atoms with E-state index in [1.807, 2.05) is 20.9 Å². The number of carbonyl (C=O) groups is 1. The summed E-state index contributed by atoms with van der Waals surface area (Å²) in [5, 5.41) is 2.96. The molecule has 0 saturated carbocycles. The molecule has 1 aromatic rings. The molecule has 1 saturated heterocycles. The van der Waals surface area contributed by atoms with Crippen molar-refractivity contribution >= 4 is 11.6 Å². The minimum Gasteiger partial charge on any atom is -0.475 e. The smallest absolute Gasteiger partial charge is 0.241 e. The molecule has 1 amide bonds. The largest absolute Gasteiger partial charge is 0.475 e. The van der Waals surface area contributed by atoms with Gasteiger partial charge in [0, 0.05) is 18.0 Å². The first kappa shape index (κ1) is 14.8. The van der Waals surface area contributed by atoms with Gasteiger partial charge in [0.05, 0.1) is 12.1 Å². The average Bonchev–Trinajstić information content (AvgIpc) is 2.38. The van der Waals surface area contributed by atoms with Crippen LogP contribution in [0.25, 0.3) is 0 Å². The second kappa shape index (κ2) is 6.70. The van der Waals surface area contributed by atoms with Crippen LogP contribution in [0.3, 0.4) is 0 Å². The van der Waals surface area contributed by atoms with E-state index >= 15 is 0 Å². The Morgan fingerprint density at radius 3 is 3.00 bits per heavy atom. The second-order valence-corrected chi connectivity index (χ2v) is 5.53. The Bertz CT molecular complexity index is 462. The molecule has 1 N–H and O–H groups in total. The van der Waals surface area contributed by atoms with Gasteiger partial charge in [0.2, 0.25) is 11.8 Å². The number of aromatic nitrogens is 1. The average molecular weight is 277 g/mol. The molecular weight excluding hydrogens is 254 g/mol. The number of amides is 1. The number of nitrogens with zero attached hydrogens (tertiary/aromatic N) is 2. The third-order valence-electron chi connectivity index (χ3n) is 3.43. The van der Waals surface area contributed by atoms with E-state index in [2.05, 4.69) is 15.2 Å². The minimum absolute atomic E-state index is 0.0358. The maximum absolute atomic E-state index is 12.3. The highest BCUT2D eigenvalue weighted by molar-refractivity contribution is 5.94. The summed E-state index contributed by atoms with van der Waals surface area (Å²) in [6.45, 7) is 4.88. The van der Waals surface area contributed by atoms with E-state index in [1.54, 1.807) is 18.3 Å². The number of nitrogens with one attached hydrogen (secondary N) is 1. The van der Waals surface area contributed by atoms with Gasteiger partial charge in [0.15, 0.2) is 0 Å². The van der Waals surface area contributed by atoms with Crippen molar-refractivity contribution in [3.8, 4) is 5.88 Å². The van der Waals surface area contributed by atoms with Crippen molar-refractivity contribution in [1.82, 2.24) is 9.88 Å². The molecule has 1 aromatic heterocycles. The van der Waals surface area contributed by atoms with Crippen LogP contribution in [0.5, 0.6) is 5.88 Å². The number of anilines is 1. The zero-order valence-corrected chi connectivity index (χ0v) is 12.4. The summed E-state index contributed by atoms with van der Waals surface area (Å²) >= 11 is 0. The van der Waals surface area contributed by atoms with Crippen LogP contribution >= 0.6 is 0 Å². The van der Waals surface area contributed by atoms with Crippen LogP contribution in [0.2, 0.25) is 0 Å². The second-order valence-electron chi connectivity index (χ2n) is 5.53. The monoisotopic (exact) mass is 277 g/mol. The van der Waals surface area contributed by atoms with Gasteiger partial charge < -0.3 is 10.1 Å². The van der Waals surface area contributed by atoms with Crippen LogP contribution in [0.15, 0.2) is 18.3 Å². The van der Waals surface area contributed by atoms with Gasteiger partial charge in [-0.3, -0.25) is 9.69 Å². The predicted octanol–water partition coefficient (Wildman–Crippen LogP) is 2.29. The first-order valence-electron chi connectivity index (χ1n) is 7.20. The Morgan fingerprint density at radius 2 is 2.30 bits per heavy atom. The van der Waals surface area contributed by atoms with E-state index in [4.69, 9.17) is 4.74 Å². The number of hydrogen-bond donors (Lipinski definition) is 1. The maximum Gasteiger partial charge on any atom is 0.241 e. The van der Waals surface area contributed by atoms with Gasteiger partial charge in [-0.15, -0.1) is 0 Å². The van der Waals surface area contributed by atoms with Crippen molar-refractivity contribution in [2.24, 2.45) is 0 Å². The number of likely N-dealkylation sites (tertiary alicyclic amines) is 1. The lowest BCUT2D eigenvalue weighted by molar-refractivity contribution is -0.121. The van der Waals surface area contributed by atoms with Crippen LogP contribution < -0.4 is 10.1 Å². The molecule has 5 heteroatoms. The highest BCUT2D eigenvalue weighted by atomic mass is 16.5. The highest BCUT2D eigenvalue weighted by Gasteiger charge is 2.25. The molecule has 20 heavy (non-hydrogen) atoms. The van der Waals surface area contributed by atoms with E-state index in [0.29, 0.717) is 5.88 Å². The number of hydrogen-bond acceptors (Lipinski definition) is 4. The Morgan fingerprint density at radius 1 is 1.50 bits per heavy atom. The summed E-state index contributed by atoms with van der Waals surface area (Å²) < 4.78 is 5.53. The summed E-state index contributed by atoms with van der Waals surface area (Å²) in [6, 6.07) is 3.51. The van der Waals surface area contributed by atoms with Crippen LogP contribution in [0.4, 0.5) is 5.69 Å². The predicted molar refractivity (Wildman–Crippen MR) is 78.9 cm³/mol. The molecule has 0 aliphatic carbocycles. The molecule has 1 unspecified atom stereocenters. The first-order chi connectivity index (χ1) is 9.56. The molecule has 1 aliphatic rings. The summed E-state index contributed by atoms with van der Waals surface area (Å²) in [7, 11) is 2.00. The Balaban J connectivity index is 2.00. The molecular formula is C15H23N3O2. The molecule has 1 aliphatic heterocycles. The summed E-state index contributed by atoms with van der Waals surface area (Å²) in [6.07, 6.45) is 4.92. The van der Waals surface area contributed by atoms with Gasteiger partial charge in [-0.25, -0.2) is 4.98 Å². The van der Waals surface area contributed by atoms with Gasteiger partial charge in [0.1, 0.15) is 0 Å². The van der Waals surface area contributed by atoms with Crippen LogP contribution in [-0.4, -0.2) is 41.5 Å². The highest BCUT2D eigenvalue weighted by Crippen LogP contribution is 2.19. The molecule has 0 radical (unpaired) electrons. The maximum atomic E-state index is 12.3. The van der Waals surface area contributed by atoms with Gasteiger partial charge in [0.25, 0.3) is 0 Å². The molecule has 1 atom stereocenters. The summed E-state index contributed by atoms with van der Waals surface area (Å²) in [5.74, 6) is 0.587. The van der Waals surface area contributed by atoms with E-state index in [1.165, 1.54) is 6.42 Å². The van der Waals surface area contributed by atoms with E-state index in [0.717, 1.165) is 25.1 Å². The number of pyridine rings is 1. The number of rotatable bonds is 4. The fraction of sp³-hybridized carbons (Fsp3) is 0.600. The zero-order chi connectivity index (χ0) is 14.5. The van der Waals surface area contributed by atoms with Crippen molar-refractivity contribution in [3.05, 3.63) is 18.3 Å². The fourth-order valence-corrected chi connectivity index (χ4v) is 2.43. The van der Waals surface area contributed by atoms with Crippen LogP contribution in [-0.2, 0) is 4.79 Å². The van der Waals surface area contributed by atoms with Crippen LogP contribution in [0.1, 0.15) is 33.1 Å². The van der Waals surface area contributed by atoms with Crippen molar-refractivity contribution < 1.29 is 9.53 Å².